The van der Waals surface area contributed by atoms with Crippen molar-refractivity contribution in [1.82, 2.24) is 9.97 Å². The van der Waals surface area contributed by atoms with Crippen LogP contribution < -0.4 is 0 Å². The topological polar surface area (TPSA) is 63.1 Å². The SMILES string of the molecule is O=C(O)c1cccc(-c2csc(-c3cncs3)n2)c1. The zero-order valence-electron chi connectivity index (χ0n) is 9.61. The first kappa shape index (κ1) is 12.0. The average Bonchev–Trinajstić information content (AvgIpc) is 3.09. The Morgan fingerprint density at radius 1 is 1.26 bits per heavy atom. The van der Waals surface area contributed by atoms with Gasteiger partial charge in [0, 0.05) is 17.1 Å². The minimum Gasteiger partial charge on any atom is -0.478 e. The molecule has 0 aliphatic carbocycles. The molecule has 0 atom stereocenters. The van der Waals surface area contributed by atoms with Gasteiger partial charge in [-0.3, -0.25) is 4.98 Å². The van der Waals surface area contributed by atoms with Gasteiger partial charge in [-0.25, -0.2) is 9.78 Å². The van der Waals surface area contributed by atoms with Gasteiger partial charge in [-0.05, 0) is 12.1 Å². The number of aromatic nitrogens is 2. The summed E-state index contributed by atoms with van der Waals surface area (Å²) >= 11 is 3.06. The van der Waals surface area contributed by atoms with Crippen LogP contribution in [0.1, 0.15) is 10.4 Å². The van der Waals surface area contributed by atoms with E-state index < -0.39 is 5.97 Å². The van der Waals surface area contributed by atoms with Crippen LogP contribution in [-0.2, 0) is 0 Å². The number of aromatic carboxylic acids is 1. The van der Waals surface area contributed by atoms with Crippen molar-refractivity contribution in [2.24, 2.45) is 0 Å². The molecular weight excluding hydrogens is 280 g/mol. The minimum absolute atomic E-state index is 0.268. The van der Waals surface area contributed by atoms with E-state index in [0.717, 1.165) is 21.1 Å². The molecule has 3 rings (SSSR count). The smallest absolute Gasteiger partial charge is 0.335 e. The van der Waals surface area contributed by atoms with Crippen LogP contribution in [0.3, 0.4) is 0 Å². The van der Waals surface area contributed by atoms with Crippen LogP contribution in [0.15, 0.2) is 41.4 Å². The number of carboxylic acid groups (broad SMARTS) is 1. The standard InChI is InChI=1S/C13H8N2O2S2/c16-13(17)9-3-1-2-8(4-9)10-6-18-12(15-10)11-5-14-7-19-11/h1-7H,(H,16,17). The first-order valence-corrected chi connectivity index (χ1v) is 7.18. The molecule has 94 valence electrons. The van der Waals surface area contributed by atoms with Crippen molar-refractivity contribution in [3.05, 3.63) is 46.9 Å². The van der Waals surface area contributed by atoms with E-state index in [9.17, 15) is 4.79 Å². The quantitative estimate of drug-likeness (QED) is 0.799. The monoisotopic (exact) mass is 288 g/mol. The number of benzene rings is 1. The Kier molecular flexibility index (Phi) is 3.10. The normalized spacial score (nSPS) is 10.5. The second-order valence-electron chi connectivity index (χ2n) is 3.79. The number of rotatable bonds is 3. The van der Waals surface area contributed by atoms with Crippen molar-refractivity contribution in [3.63, 3.8) is 0 Å². The highest BCUT2D eigenvalue weighted by Crippen LogP contribution is 2.30. The third-order valence-corrected chi connectivity index (χ3v) is 4.34. The number of hydrogen-bond acceptors (Lipinski definition) is 5. The van der Waals surface area contributed by atoms with Gasteiger partial charge in [-0.1, -0.05) is 12.1 Å². The molecule has 0 saturated heterocycles. The fourth-order valence-electron chi connectivity index (χ4n) is 1.65. The molecule has 3 aromatic rings. The Hall–Kier alpha value is -2.05. The van der Waals surface area contributed by atoms with Crippen molar-refractivity contribution in [1.29, 1.82) is 0 Å². The molecule has 0 radical (unpaired) electrons. The van der Waals surface area contributed by atoms with Gasteiger partial charge in [-0.2, -0.15) is 0 Å². The van der Waals surface area contributed by atoms with Gasteiger partial charge in [-0.15, -0.1) is 22.7 Å². The van der Waals surface area contributed by atoms with E-state index >= 15 is 0 Å². The third kappa shape index (κ3) is 2.40. The van der Waals surface area contributed by atoms with Gasteiger partial charge in [0.1, 0.15) is 5.01 Å². The maximum Gasteiger partial charge on any atom is 0.335 e. The molecular formula is C13H8N2O2S2. The Labute approximate surface area is 117 Å². The molecule has 0 bridgehead atoms. The largest absolute Gasteiger partial charge is 0.478 e. The Morgan fingerprint density at radius 2 is 2.16 bits per heavy atom. The summed E-state index contributed by atoms with van der Waals surface area (Å²) in [5.74, 6) is -0.931. The predicted molar refractivity (Wildman–Crippen MR) is 75.6 cm³/mol. The molecule has 2 heterocycles. The summed E-state index contributed by atoms with van der Waals surface area (Å²) in [7, 11) is 0. The lowest BCUT2D eigenvalue weighted by atomic mass is 10.1. The summed E-state index contributed by atoms with van der Waals surface area (Å²) in [5, 5.41) is 11.8. The van der Waals surface area contributed by atoms with E-state index in [1.54, 1.807) is 29.9 Å². The van der Waals surface area contributed by atoms with E-state index in [-0.39, 0.29) is 5.56 Å². The van der Waals surface area contributed by atoms with E-state index in [1.807, 2.05) is 11.4 Å². The van der Waals surface area contributed by atoms with Crippen LogP contribution in [0, 0.1) is 0 Å². The van der Waals surface area contributed by atoms with Gasteiger partial charge in [0.15, 0.2) is 0 Å². The molecule has 4 nitrogen and oxygen atoms in total. The summed E-state index contributed by atoms with van der Waals surface area (Å²) in [4.78, 5) is 20.5. The van der Waals surface area contributed by atoms with Gasteiger partial charge in [0.25, 0.3) is 0 Å². The van der Waals surface area contributed by atoms with Crippen LogP contribution >= 0.6 is 22.7 Å². The Morgan fingerprint density at radius 3 is 2.89 bits per heavy atom. The molecule has 0 spiro atoms. The van der Waals surface area contributed by atoms with Crippen molar-refractivity contribution in [2.45, 2.75) is 0 Å². The summed E-state index contributed by atoms with van der Waals surface area (Å²) in [6, 6.07) is 6.79. The highest BCUT2D eigenvalue weighted by molar-refractivity contribution is 7.20. The van der Waals surface area contributed by atoms with Crippen LogP contribution in [0.4, 0.5) is 0 Å². The molecule has 0 aliphatic heterocycles. The molecule has 19 heavy (non-hydrogen) atoms. The fourth-order valence-corrected chi connectivity index (χ4v) is 3.18. The Balaban J connectivity index is 1.99. The summed E-state index contributed by atoms with van der Waals surface area (Å²) < 4.78 is 0. The Bertz CT molecular complexity index is 720. The number of carbonyl (C=O) groups is 1. The van der Waals surface area contributed by atoms with E-state index in [0.29, 0.717) is 0 Å². The molecule has 0 unspecified atom stereocenters. The lowest BCUT2D eigenvalue weighted by Gasteiger charge is -1.98. The van der Waals surface area contributed by atoms with Gasteiger partial charge in [0.2, 0.25) is 0 Å². The molecule has 1 aromatic carbocycles. The number of hydrogen-bond donors (Lipinski definition) is 1. The molecule has 0 amide bonds. The van der Waals surface area contributed by atoms with E-state index in [1.165, 1.54) is 22.7 Å². The molecule has 2 aromatic heterocycles. The van der Waals surface area contributed by atoms with Crippen molar-refractivity contribution in [3.8, 4) is 21.1 Å². The number of carboxylic acids is 1. The third-order valence-electron chi connectivity index (χ3n) is 2.55. The summed E-state index contributed by atoms with van der Waals surface area (Å²) in [6.45, 7) is 0. The molecule has 6 heteroatoms. The first-order chi connectivity index (χ1) is 9.24. The van der Waals surface area contributed by atoms with E-state index in [2.05, 4.69) is 9.97 Å². The van der Waals surface area contributed by atoms with Gasteiger partial charge in [0.05, 0.1) is 21.6 Å². The van der Waals surface area contributed by atoms with Gasteiger partial charge < -0.3 is 5.11 Å². The average molecular weight is 288 g/mol. The zero-order chi connectivity index (χ0) is 13.2. The molecule has 0 aliphatic rings. The lowest BCUT2D eigenvalue weighted by Crippen LogP contribution is -1.95. The van der Waals surface area contributed by atoms with Crippen LogP contribution in [0.25, 0.3) is 21.1 Å². The first-order valence-electron chi connectivity index (χ1n) is 5.42. The molecule has 1 N–H and O–H groups in total. The van der Waals surface area contributed by atoms with Gasteiger partial charge >= 0.3 is 5.97 Å². The lowest BCUT2D eigenvalue weighted by molar-refractivity contribution is 0.0697. The highest BCUT2D eigenvalue weighted by atomic mass is 32.1. The maximum atomic E-state index is 11.0. The van der Waals surface area contributed by atoms with Crippen LogP contribution in [0.5, 0.6) is 0 Å². The van der Waals surface area contributed by atoms with Crippen molar-refractivity contribution in [2.75, 3.05) is 0 Å². The van der Waals surface area contributed by atoms with Crippen LogP contribution in [0.2, 0.25) is 0 Å². The van der Waals surface area contributed by atoms with Crippen LogP contribution in [-0.4, -0.2) is 21.0 Å². The predicted octanol–water partition coefficient (Wildman–Crippen LogP) is 3.63. The number of nitrogens with zero attached hydrogens (tertiary/aromatic N) is 2. The zero-order valence-corrected chi connectivity index (χ0v) is 11.2. The summed E-state index contributed by atoms with van der Waals surface area (Å²) in [5.41, 5.74) is 3.63. The molecule has 0 saturated carbocycles. The molecule has 0 fully saturated rings. The fraction of sp³-hybridized carbons (Fsp3) is 0. The maximum absolute atomic E-state index is 11.0. The highest BCUT2D eigenvalue weighted by Gasteiger charge is 2.09. The van der Waals surface area contributed by atoms with Crippen molar-refractivity contribution < 1.29 is 9.90 Å². The second kappa shape index (κ2) is 4.91. The van der Waals surface area contributed by atoms with Crippen molar-refractivity contribution >= 4 is 28.6 Å². The minimum atomic E-state index is -0.931. The number of thiazole rings is 2. The second-order valence-corrected chi connectivity index (χ2v) is 5.53. The van der Waals surface area contributed by atoms with E-state index in [4.69, 9.17) is 5.11 Å². The summed E-state index contributed by atoms with van der Waals surface area (Å²) in [6.07, 6.45) is 1.78.